The van der Waals surface area contributed by atoms with Gasteiger partial charge in [0.25, 0.3) is 0 Å². The number of benzene rings is 2. The van der Waals surface area contributed by atoms with Crippen LogP contribution in [-0.4, -0.2) is 23.4 Å². The molecule has 0 radical (unpaired) electrons. The predicted octanol–water partition coefficient (Wildman–Crippen LogP) is 3.93. The van der Waals surface area contributed by atoms with Gasteiger partial charge in [-0.25, -0.2) is 4.79 Å². The minimum atomic E-state index is -0.268. The summed E-state index contributed by atoms with van der Waals surface area (Å²) in [7, 11) is 0. The molecule has 5 heteroatoms. The number of hydrogen-bond donors (Lipinski definition) is 2. The molecule has 0 unspecified atom stereocenters. The molecule has 2 aromatic carbocycles. The van der Waals surface area contributed by atoms with Crippen molar-refractivity contribution < 1.29 is 9.59 Å². The maximum atomic E-state index is 12.3. The number of fused-ring (bicyclic) bond motifs is 1. The number of aryl methyl sites for hydroxylation is 1. The van der Waals surface area contributed by atoms with Crippen molar-refractivity contribution in [2.45, 2.75) is 32.7 Å². The molecular weight excluding hydrogens is 326 g/mol. The highest BCUT2D eigenvalue weighted by Gasteiger charge is 2.34. The minimum Gasteiger partial charge on any atom is -0.338 e. The number of amides is 3. The molecular formula is C21H23N3O2. The molecule has 0 spiro atoms. The zero-order valence-electron chi connectivity index (χ0n) is 14.9. The fourth-order valence-electron chi connectivity index (χ4n) is 3.34. The second-order valence-corrected chi connectivity index (χ2v) is 7.21. The standard InChI is InChI=1S/C21H23N3O2/c1-14-2-7-18(8-3-14)22-21(26)23-19-9-6-15-10-11-24(13-17(15)12-19)20(25)16-4-5-16/h2-3,6-9,12,16H,4-5,10-11,13H2,1H3,(H2,22,23,26). The average molecular weight is 349 g/mol. The first kappa shape index (κ1) is 16.6. The van der Waals surface area contributed by atoms with E-state index in [1.807, 2.05) is 48.2 Å². The van der Waals surface area contributed by atoms with Gasteiger partial charge in [-0.2, -0.15) is 0 Å². The monoisotopic (exact) mass is 349 g/mol. The fourth-order valence-corrected chi connectivity index (χ4v) is 3.34. The van der Waals surface area contributed by atoms with Gasteiger partial charge in [-0.3, -0.25) is 4.79 Å². The summed E-state index contributed by atoms with van der Waals surface area (Å²) in [5.74, 6) is 0.532. The second kappa shape index (κ2) is 6.83. The molecule has 0 bridgehead atoms. The molecule has 0 atom stereocenters. The summed E-state index contributed by atoms with van der Waals surface area (Å²) in [6.07, 6.45) is 2.94. The highest BCUT2D eigenvalue weighted by molar-refractivity contribution is 5.99. The molecule has 1 aliphatic carbocycles. The number of nitrogens with zero attached hydrogens (tertiary/aromatic N) is 1. The van der Waals surface area contributed by atoms with Crippen molar-refractivity contribution >= 4 is 23.3 Å². The third-order valence-electron chi connectivity index (χ3n) is 5.02. The molecule has 3 amide bonds. The van der Waals surface area contributed by atoms with Gasteiger partial charge in [-0.15, -0.1) is 0 Å². The van der Waals surface area contributed by atoms with E-state index in [1.54, 1.807) is 0 Å². The lowest BCUT2D eigenvalue weighted by Crippen LogP contribution is -2.36. The molecule has 1 heterocycles. The summed E-state index contributed by atoms with van der Waals surface area (Å²) in [6, 6.07) is 13.4. The van der Waals surface area contributed by atoms with Crippen molar-refractivity contribution in [1.82, 2.24) is 4.90 Å². The number of urea groups is 1. The van der Waals surface area contributed by atoms with Gasteiger partial charge in [0.15, 0.2) is 0 Å². The van der Waals surface area contributed by atoms with Crippen molar-refractivity contribution in [3.8, 4) is 0 Å². The van der Waals surface area contributed by atoms with Crippen molar-refractivity contribution in [3.05, 3.63) is 59.2 Å². The van der Waals surface area contributed by atoms with Crippen molar-refractivity contribution in [3.63, 3.8) is 0 Å². The van der Waals surface area contributed by atoms with Crippen LogP contribution in [-0.2, 0) is 17.8 Å². The highest BCUT2D eigenvalue weighted by Crippen LogP contribution is 2.33. The van der Waals surface area contributed by atoms with Crippen molar-refractivity contribution in [1.29, 1.82) is 0 Å². The molecule has 1 fully saturated rings. The van der Waals surface area contributed by atoms with Crippen LogP contribution in [0.5, 0.6) is 0 Å². The predicted molar refractivity (Wildman–Crippen MR) is 102 cm³/mol. The molecule has 0 saturated heterocycles. The minimum absolute atomic E-state index is 0.248. The number of hydrogen-bond acceptors (Lipinski definition) is 2. The average Bonchev–Trinajstić information content (AvgIpc) is 3.47. The Bertz CT molecular complexity index is 841. The third kappa shape index (κ3) is 3.72. The Morgan fingerprint density at radius 1 is 0.962 bits per heavy atom. The number of carbonyl (C=O) groups excluding carboxylic acids is 2. The highest BCUT2D eigenvalue weighted by atomic mass is 16.2. The smallest absolute Gasteiger partial charge is 0.323 e. The van der Waals surface area contributed by atoms with E-state index in [-0.39, 0.29) is 17.9 Å². The van der Waals surface area contributed by atoms with Gasteiger partial charge < -0.3 is 15.5 Å². The summed E-state index contributed by atoms with van der Waals surface area (Å²) in [5.41, 5.74) is 5.03. The summed E-state index contributed by atoms with van der Waals surface area (Å²) in [6.45, 7) is 3.44. The van der Waals surface area contributed by atoms with Gasteiger partial charge in [0.05, 0.1) is 0 Å². The van der Waals surface area contributed by atoms with Crippen LogP contribution < -0.4 is 10.6 Å². The van der Waals surface area contributed by atoms with Crippen LogP contribution in [0, 0.1) is 12.8 Å². The Morgan fingerprint density at radius 2 is 1.65 bits per heavy atom. The zero-order chi connectivity index (χ0) is 18.1. The maximum absolute atomic E-state index is 12.3. The normalized spacial score (nSPS) is 16.0. The largest absolute Gasteiger partial charge is 0.338 e. The van der Waals surface area contributed by atoms with Gasteiger partial charge in [-0.05, 0) is 61.6 Å². The molecule has 1 aliphatic heterocycles. The number of nitrogens with one attached hydrogen (secondary N) is 2. The van der Waals surface area contributed by atoms with E-state index < -0.39 is 0 Å². The molecule has 2 aromatic rings. The summed E-state index contributed by atoms with van der Waals surface area (Å²) >= 11 is 0. The third-order valence-corrected chi connectivity index (χ3v) is 5.02. The topological polar surface area (TPSA) is 61.4 Å². The summed E-state index contributed by atoms with van der Waals surface area (Å²) < 4.78 is 0. The molecule has 5 nitrogen and oxygen atoms in total. The van der Waals surface area contributed by atoms with Crippen LogP contribution in [0.2, 0.25) is 0 Å². The van der Waals surface area contributed by atoms with Gasteiger partial charge in [0.2, 0.25) is 5.91 Å². The lowest BCUT2D eigenvalue weighted by atomic mass is 9.98. The number of rotatable bonds is 3. The SMILES string of the molecule is Cc1ccc(NC(=O)Nc2ccc3c(c2)CN(C(=O)C2CC2)CC3)cc1. The Balaban J connectivity index is 1.41. The van der Waals surface area contributed by atoms with Crippen molar-refractivity contribution in [2.75, 3.05) is 17.2 Å². The van der Waals surface area contributed by atoms with E-state index >= 15 is 0 Å². The van der Waals surface area contributed by atoms with Gasteiger partial charge in [0.1, 0.15) is 0 Å². The molecule has 134 valence electrons. The van der Waals surface area contributed by atoms with Crippen LogP contribution >= 0.6 is 0 Å². The van der Waals surface area contributed by atoms with Crippen LogP contribution in [0.3, 0.4) is 0 Å². The summed E-state index contributed by atoms with van der Waals surface area (Å²) in [4.78, 5) is 26.5. The Labute approximate surface area is 153 Å². The lowest BCUT2D eigenvalue weighted by Gasteiger charge is -2.29. The first-order valence-corrected chi connectivity index (χ1v) is 9.14. The maximum Gasteiger partial charge on any atom is 0.323 e. The van der Waals surface area contributed by atoms with Crippen LogP contribution in [0.15, 0.2) is 42.5 Å². The van der Waals surface area contributed by atoms with E-state index in [1.165, 1.54) is 5.56 Å². The van der Waals surface area contributed by atoms with Gasteiger partial charge in [-0.1, -0.05) is 23.8 Å². The Kier molecular flexibility index (Phi) is 4.37. The zero-order valence-corrected chi connectivity index (χ0v) is 14.9. The van der Waals surface area contributed by atoms with Crippen LogP contribution in [0.4, 0.5) is 16.2 Å². The van der Waals surface area contributed by atoms with Gasteiger partial charge in [0, 0.05) is 30.4 Å². The first-order chi connectivity index (χ1) is 12.6. The number of carbonyl (C=O) groups is 2. The molecule has 2 N–H and O–H groups in total. The van der Waals surface area contributed by atoms with E-state index in [9.17, 15) is 9.59 Å². The summed E-state index contributed by atoms with van der Waals surface area (Å²) in [5, 5.41) is 5.71. The van der Waals surface area contributed by atoms with Gasteiger partial charge >= 0.3 is 6.03 Å². The van der Waals surface area contributed by atoms with E-state index in [4.69, 9.17) is 0 Å². The van der Waals surface area contributed by atoms with Crippen LogP contribution in [0.25, 0.3) is 0 Å². The Hall–Kier alpha value is -2.82. The van der Waals surface area contributed by atoms with Crippen LogP contribution in [0.1, 0.15) is 29.5 Å². The van der Waals surface area contributed by atoms with E-state index in [0.717, 1.165) is 48.3 Å². The molecule has 26 heavy (non-hydrogen) atoms. The lowest BCUT2D eigenvalue weighted by molar-refractivity contribution is -0.133. The van der Waals surface area contributed by atoms with E-state index in [0.29, 0.717) is 6.54 Å². The second-order valence-electron chi connectivity index (χ2n) is 7.21. The molecule has 0 aromatic heterocycles. The fraction of sp³-hybridized carbons (Fsp3) is 0.333. The quantitative estimate of drug-likeness (QED) is 0.882. The first-order valence-electron chi connectivity index (χ1n) is 9.14. The van der Waals surface area contributed by atoms with Crippen molar-refractivity contribution in [2.24, 2.45) is 5.92 Å². The molecule has 1 saturated carbocycles. The molecule has 2 aliphatic rings. The van der Waals surface area contributed by atoms with E-state index in [2.05, 4.69) is 16.7 Å². The number of anilines is 2. The Morgan fingerprint density at radius 3 is 2.38 bits per heavy atom. The molecule has 4 rings (SSSR count).